The van der Waals surface area contributed by atoms with Crippen LogP contribution in [0.4, 0.5) is 11.4 Å². The molecule has 0 bridgehead atoms. The minimum absolute atomic E-state index is 0.0162. The first-order chi connectivity index (χ1) is 12.1. The highest BCUT2D eigenvalue weighted by molar-refractivity contribution is 5.96. The highest BCUT2D eigenvalue weighted by Crippen LogP contribution is 2.32. The first kappa shape index (κ1) is 17.1. The lowest BCUT2D eigenvalue weighted by Gasteiger charge is -2.27. The predicted octanol–water partition coefficient (Wildman–Crippen LogP) is 2.50. The number of amides is 2. The van der Waals surface area contributed by atoms with Gasteiger partial charge in [0.2, 0.25) is 11.8 Å². The Morgan fingerprint density at radius 2 is 1.88 bits per heavy atom. The number of nitrogens with zero attached hydrogens (tertiary/aromatic N) is 3. The first-order valence-corrected chi connectivity index (χ1v) is 8.44. The standard InChI is InChI=1S/C19H23N3O3/c1-15(23)22-11-6-10-21(17-8-3-4-9-18(17)22)14-19(24)20(2)13-16-7-5-12-25-16/h3-5,7-9,12H,6,10-11,13-14H2,1-2H3. The molecule has 0 saturated carbocycles. The van der Waals surface area contributed by atoms with Gasteiger partial charge in [-0.25, -0.2) is 0 Å². The molecule has 2 amide bonds. The zero-order valence-corrected chi connectivity index (χ0v) is 14.6. The van der Waals surface area contributed by atoms with E-state index in [1.807, 2.05) is 36.4 Å². The van der Waals surface area contributed by atoms with E-state index in [1.165, 1.54) is 0 Å². The summed E-state index contributed by atoms with van der Waals surface area (Å²) >= 11 is 0. The minimum Gasteiger partial charge on any atom is -0.467 e. The Morgan fingerprint density at radius 3 is 2.56 bits per heavy atom. The molecule has 1 aliphatic rings. The lowest BCUT2D eigenvalue weighted by Crippen LogP contribution is -2.38. The molecule has 0 unspecified atom stereocenters. The fourth-order valence-corrected chi connectivity index (χ4v) is 3.12. The summed E-state index contributed by atoms with van der Waals surface area (Å²) in [7, 11) is 1.77. The minimum atomic E-state index is 0.0162. The third-order valence-electron chi connectivity index (χ3n) is 4.43. The Kier molecular flexibility index (Phi) is 5.07. The zero-order valence-electron chi connectivity index (χ0n) is 14.6. The average molecular weight is 341 g/mol. The van der Waals surface area contributed by atoms with Crippen molar-refractivity contribution in [2.45, 2.75) is 19.9 Å². The van der Waals surface area contributed by atoms with E-state index in [-0.39, 0.29) is 18.4 Å². The number of furan rings is 1. The molecule has 0 saturated heterocycles. The number of carbonyl (C=O) groups excluding carboxylic acids is 2. The second-order valence-corrected chi connectivity index (χ2v) is 6.26. The molecule has 0 atom stereocenters. The topological polar surface area (TPSA) is 57.0 Å². The van der Waals surface area contributed by atoms with Crippen LogP contribution in [0.15, 0.2) is 47.1 Å². The van der Waals surface area contributed by atoms with Crippen molar-refractivity contribution in [1.82, 2.24) is 4.90 Å². The van der Waals surface area contributed by atoms with Gasteiger partial charge in [-0.2, -0.15) is 0 Å². The predicted molar refractivity (Wildman–Crippen MR) is 96.5 cm³/mol. The maximum Gasteiger partial charge on any atom is 0.242 e. The van der Waals surface area contributed by atoms with Gasteiger partial charge in [0.05, 0.1) is 30.7 Å². The van der Waals surface area contributed by atoms with E-state index >= 15 is 0 Å². The van der Waals surface area contributed by atoms with E-state index in [4.69, 9.17) is 4.42 Å². The number of benzene rings is 1. The molecule has 2 aromatic rings. The summed E-state index contributed by atoms with van der Waals surface area (Å²) in [5.74, 6) is 0.799. The smallest absolute Gasteiger partial charge is 0.242 e. The number of para-hydroxylation sites is 2. The van der Waals surface area contributed by atoms with Crippen LogP contribution < -0.4 is 9.80 Å². The number of carbonyl (C=O) groups is 2. The van der Waals surface area contributed by atoms with Gasteiger partial charge >= 0.3 is 0 Å². The number of fused-ring (bicyclic) bond motifs is 1. The Balaban J connectivity index is 1.76. The van der Waals surface area contributed by atoms with Crippen molar-refractivity contribution in [3.8, 4) is 0 Å². The third kappa shape index (κ3) is 3.84. The Bertz CT molecular complexity index is 742. The van der Waals surface area contributed by atoms with Crippen molar-refractivity contribution in [3.05, 3.63) is 48.4 Å². The van der Waals surface area contributed by atoms with Gasteiger partial charge < -0.3 is 19.1 Å². The highest BCUT2D eigenvalue weighted by Gasteiger charge is 2.24. The van der Waals surface area contributed by atoms with Crippen LogP contribution >= 0.6 is 0 Å². The molecule has 0 spiro atoms. The Labute approximate surface area is 147 Å². The van der Waals surface area contributed by atoms with Crippen LogP contribution in [0.3, 0.4) is 0 Å². The van der Waals surface area contributed by atoms with Gasteiger partial charge in [-0.3, -0.25) is 9.59 Å². The monoisotopic (exact) mass is 341 g/mol. The first-order valence-electron chi connectivity index (χ1n) is 8.44. The molecule has 2 heterocycles. The molecule has 1 aliphatic heterocycles. The second-order valence-electron chi connectivity index (χ2n) is 6.26. The summed E-state index contributed by atoms with van der Waals surface area (Å²) in [6.07, 6.45) is 2.43. The van der Waals surface area contributed by atoms with Crippen LogP contribution in [0.5, 0.6) is 0 Å². The van der Waals surface area contributed by atoms with Gasteiger partial charge in [-0.1, -0.05) is 12.1 Å². The molecule has 25 heavy (non-hydrogen) atoms. The maximum absolute atomic E-state index is 12.6. The summed E-state index contributed by atoms with van der Waals surface area (Å²) in [6, 6.07) is 11.4. The fourth-order valence-electron chi connectivity index (χ4n) is 3.12. The van der Waals surface area contributed by atoms with Crippen molar-refractivity contribution in [1.29, 1.82) is 0 Å². The van der Waals surface area contributed by atoms with Crippen LogP contribution in [0.2, 0.25) is 0 Å². The molecule has 132 valence electrons. The lowest BCUT2D eigenvalue weighted by atomic mass is 10.2. The molecular weight excluding hydrogens is 318 g/mol. The lowest BCUT2D eigenvalue weighted by molar-refractivity contribution is -0.129. The summed E-state index contributed by atoms with van der Waals surface area (Å²) in [6.45, 7) is 3.70. The van der Waals surface area contributed by atoms with Gasteiger partial charge in [0.25, 0.3) is 0 Å². The van der Waals surface area contributed by atoms with Crippen molar-refractivity contribution in [2.24, 2.45) is 0 Å². The van der Waals surface area contributed by atoms with E-state index in [9.17, 15) is 9.59 Å². The van der Waals surface area contributed by atoms with Gasteiger partial charge in [0, 0.05) is 27.1 Å². The van der Waals surface area contributed by atoms with Crippen molar-refractivity contribution in [2.75, 3.05) is 36.5 Å². The number of rotatable bonds is 4. The number of hydrogen-bond acceptors (Lipinski definition) is 4. The molecule has 3 rings (SSSR count). The van der Waals surface area contributed by atoms with E-state index < -0.39 is 0 Å². The van der Waals surface area contributed by atoms with Crippen LogP contribution in [0.1, 0.15) is 19.1 Å². The molecule has 0 radical (unpaired) electrons. The van der Waals surface area contributed by atoms with E-state index in [1.54, 1.807) is 30.0 Å². The summed E-state index contributed by atoms with van der Waals surface area (Å²) < 4.78 is 5.31. The molecule has 0 N–H and O–H groups in total. The fraction of sp³-hybridized carbons (Fsp3) is 0.368. The molecule has 0 fully saturated rings. The molecule has 6 nitrogen and oxygen atoms in total. The van der Waals surface area contributed by atoms with E-state index in [2.05, 4.69) is 4.90 Å². The Morgan fingerprint density at radius 1 is 1.12 bits per heavy atom. The zero-order chi connectivity index (χ0) is 17.8. The molecular formula is C19H23N3O3. The summed E-state index contributed by atoms with van der Waals surface area (Å²) in [4.78, 5) is 30.1. The molecule has 6 heteroatoms. The van der Waals surface area contributed by atoms with Crippen LogP contribution in [-0.2, 0) is 16.1 Å². The van der Waals surface area contributed by atoms with Crippen molar-refractivity contribution < 1.29 is 14.0 Å². The molecule has 1 aromatic carbocycles. The summed E-state index contributed by atoms with van der Waals surface area (Å²) in [5.41, 5.74) is 1.80. The number of hydrogen-bond donors (Lipinski definition) is 0. The second kappa shape index (κ2) is 7.42. The SMILES string of the molecule is CC(=O)N1CCCN(CC(=O)N(C)Cc2ccco2)c2ccccc21. The van der Waals surface area contributed by atoms with E-state index in [0.29, 0.717) is 13.1 Å². The van der Waals surface area contributed by atoms with Gasteiger partial charge in [0.1, 0.15) is 5.76 Å². The van der Waals surface area contributed by atoms with Crippen LogP contribution in [-0.4, -0.2) is 43.4 Å². The quantitative estimate of drug-likeness (QED) is 0.857. The largest absolute Gasteiger partial charge is 0.467 e. The summed E-state index contributed by atoms with van der Waals surface area (Å²) in [5, 5.41) is 0. The number of likely N-dealkylation sites (N-methyl/N-ethyl adjacent to an activating group) is 1. The van der Waals surface area contributed by atoms with Crippen LogP contribution in [0, 0.1) is 0 Å². The average Bonchev–Trinajstić information content (AvgIpc) is 3.03. The van der Waals surface area contributed by atoms with Crippen molar-refractivity contribution in [3.63, 3.8) is 0 Å². The van der Waals surface area contributed by atoms with Crippen molar-refractivity contribution >= 4 is 23.2 Å². The van der Waals surface area contributed by atoms with Gasteiger partial charge in [0.15, 0.2) is 0 Å². The molecule has 1 aromatic heterocycles. The molecule has 0 aliphatic carbocycles. The third-order valence-corrected chi connectivity index (χ3v) is 4.43. The Hall–Kier alpha value is -2.76. The van der Waals surface area contributed by atoms with Gasteiger partial charge in [-0.15, -0.1) is 0 Å². The van der Waals surface area contributed by atoms with E-state index in [0.717, 1.165) is 30.1 Å². The highest BCUT2D eigenvalue weighted by atomic mass is 16.3. The number of anilines is 2. The maximum atomic E-state index is 12.6. The normalized spacial score (nSPS) is 14.0. The van der Waals surface area contributed by atoms with Gasteiger partial charge in [-0.05, 0) is 30.7 Å². The van der Waals surface area contributed by atoms with Crippen LogP contribution in [0.25, 0.3) is 0 Å².